The number of aromatic amines is 1. The SMILES string of the molecule is CCCCCCC(=O)N1CCc2nc(-c3cccc(F)c3)[nH]c(=O)c2C1. The summed E-state index contributed by atoms with van der Waals surface area (Å²) >= 11 is 0. The Kier molecular flexibility index (Phi) is 5.81. The zero-order chi connectivity index (χ0) is 18.5. The van der Waals surface area contributed by atoms with Crippen LogP contribution in [-0.4, -0.2) is 27.3 Å². The van der Waals surface area contributed by atoms with Gasteiger partial charge in [-0.25, -0.2) is 9.37 Å². The van der Waals surface area contributed by atoms with Crippen molar-refractivity contribution in [3.8, 4) is 11.4 Å². The summed E-state index contributed by atoms with van der Waals surface area (Å²) in [5.41, 5.74) is 1.53. The molecule has 138 valence electrons. The van der Waals surface area contributed by atoms with E-state index in [1.807, 2.05) is 0 Å². The molecule has 26 heavy (non-hydrogen) atoms. The molecule has 1 amide bonds. The Hall–Kier alpha value is -2.50. The molecule has 1 N–H and O–H groups in total. The lowest BCUT2D eigenvalue weighted by molar-refractivity contribution is -0.132. The Morgan fingerprint density at radius 3 is 2.92 bits per heavy atom. The zero-order valence-electron chi connectivity index (χ0n) is 15.1. The standard InChI is InChI=1S/C20H24FN3O2/c1-2-3-4-5-9-18(25)24-11-10-17-16(13-24)20(26)23-19(22-17)14-7-6-8-15(21)12-14/h6-8,12H,2-5,9-11,13H2,1H3,(H,22,23,26). The lowest BCUT2D eigenvalue weighted by atomic mass is 10.0. The molecular formula is C20H24FN3O2. The lowest BCUT2D eigenvalue weighted by Crippen LogP contribution is -2.39. The van der Waals surface area contributed by atoms with E-state index in [0.717, 1.165) is 25.7 Å². The van der Waals surface area contributed by atoms with Crippen molar-refractivity contribution < 1.29 is 9.18 Å². The van der Waals surface area contributed by atoms with Crippen molar-refractivity contribution in [2.24, 2.45) is 0 Å². The second kappa shape index (κ2) is 8.25. The van der Waals surface area contributed by atoms with Crippen LogP contribution in [0.15, 0.2) is 29.1 Å². The van der Waals surface area contributed by atoms with Crippen LogP contribution < -0.4 is 5.56 Å². The molecule has 1 aromatic heterocycles. The number of nitrogens with one attached hydrogen (secondary N) is 1. The van der Waals surface area contributed by atoms with E-state index in [4.69, 9.17) is 0 Å². The average Bonchev–Trinajstić information content (AvgIpc) is 2.65. The molecule has 0 radical (unpaired) electrons. The normalized spacial score (nSPS) is 13.5. The Labute approximate surface area is 152 Å². The third kappa shape index (κ3) is 4.18. The van der Waals surface area contributed by atoms with E-state index >= 15 is 0 Å². The quantitative estimate of drug-likeness (QED) is 0.806. The van der Waals surface area contributed by atoms with Crippen LogP contribution >= 0.6 is 0 Å². The molecule has 1 aromatic carbocycles. The summed E-state index contributed by atoms with van der Waals surface area (Å²) in [6.07, 6.45) is 5.31. The second-order valence-electron chi connectivity index (χ2n) is 6.73. The van der Waals surface area contributed by atoms with E-state index in [1.165, 1.54) is 12.1 Å². The van der Waals surface area contributed by atoms with Crippen molar-refractivity contribution in [2.45, 2.75) is 52.0 Å². The van der Waals surface area contributed by atoms with Gasteiger partial charge in [0.2, 0.25) is 5.91 Å². The zero-order valence-corrected chi connectivity index (χ0v) is 15.1. The maximum Gasteiger partial charge on any atom is 0.256 e. The molecular weight excluding hydrogens is 333 g/mol. The largest absolute Gasteiger partial charge is 0.338 e. The molecule has 0 spiro atoms. The Bertz CT molecular complexity index is 847. The summed E-state index contributed by atoms with van der Waals surface area (Å²) < 4.78 is 13.4. The van der Waals surface area contributed by atoms with Crippen molar-refractivity contribution in [3.05, 3.63) is 51.7 Å². The number of hydrogen-bond donors (Lipinski definition) is 1. The Morgan fingerprint density at radius 2 is 2.15 bits per heavy atom. The fourth-order valence-electron chi connectivity index (χ4n) is 3.27. The first-order valence-electron chi connectivity index (χ1n) is 9.24. The van der Waals surface area contributed by atoms with Gasteiger partial charge < -0.3 is 9.88 Å². The molecule has 1 aliphatic rings. The third-order valence-corrected chi connectivity index (χ3v) is 4.76. The summed E-state index contributed by atoms with van der Waals surface area (Å²) in [5, 5.41) is 0. The van der Waals surface area contributed by atoms with E-state index in [9.17, 15) is 14.0 Å². The number of fused-ring (bicyclic) bond motifs is 1. The van der Waals surface area contributed by atoms with Crippen LogP contribution in [-0.2, 0) is 17.8 Å². The molecule has 0 atom stereocenters. The summed E-state index contributed by atoms with van der Waals surface area (Å²) in [6, 6.07) is 6.00. The van der Waals surface area contributed by atoms with Crippen molar-refractivity contribution >= 4 is 5.91 Å². The Morgan fingerprint density at radius 1 is 1.31 bits per heavy atom. The molecule has 0 aliphatic carbocycles. The highest BCUT2D eigenvalue weighted by Gasteiger charge is 2.24. The maximum atomic E-state index is 13.4. The highest BCUT2D eigenvalue weighted by atomic mass is 19.1. The van der Waals surface area contributed by atoms with Crippen LogP contribution in [0.3, 0.4) is 0 Å². The molecule has 0 unspecified atom stereocenters. The van der Waals surface area contributed by atoms with Gasteiger partial charge in [0.25, 0.3) is 5.56 Å². The van der Waals surface area contributed by atoms with E-state index in [0.29, 0.717) is 48.6 Å². The molecule has 0 saturated carbocycles. The number of H-pyrrole nitrogens is 1. The van der Waals surface area contributed by atoms with Crippen molar-refractivity contribution in [1.82, 2.24) is 14.9 Å². The number of aromatic nitrogens is 2. The minimum Gasteiger partial charge on any atom is -0.338 e. The number of carbonyl (C=O) groups is 1. The second-order valence-corrected chi connectivity index (χ2v) is 6.73. The molecule has 5 nitrogen and oxygen atoms in total. The number of benzene rings is 1. The predicted octanol–water partition coefficient (Wildman–Crippen LogP) is 3.43. The van der Waals surface area contributed by atoms with Crippen LogP contribution in [0, 0.1) is 5.82 Å². The van der Waals surface area contributed by atoms with Crippen LogP contribution in [0.5, 0.6) is 0 Å². The summed E-state index contributed by atoms with van der Waals surface area (Å²) in [4.78, 5) is 33.8. The molecule has 0 saturated heterocycles. The van der Waals surface area contributed by atoms with E-state index in [1.54, 1.807) is 17.0 Å². The van der Waals surface area contributed by atoms with Gasteiger partial charge in [0, 0.05) is 24.9 Å². The van der Waals surface area contributed by atoms with Crippen molar-refractivity contribution in [3.63, 3.8) is 0 Å². The lowest BCUT2D eigenvalue weighted by Gasteiger charge is -2.28. The number of carbonyl (C=O) groups excluding carboxylic acids is 1. The number of nitrogens with zero attached hydrogens (tertiary/aromatic N) is 2. The van der Waals surface area contributed by atoms with E-state index in [-0.39, 0.29) is 17.3 Å². The van der Waals surface area contributed by atoms with Crippen LogP contribution in [0.4, 0.5) is 4.39 Å². The van der Waals surface area contributed by atoms with Gasteiger partial charge in [-0.3, -0.25) is 9.59 Å². The fraction of sp³-hybridized carbons (Fsp3) is 0.450. The number of rotatable bonds is 6. The number of hydrogen-bond acceptors (Lipinski definition) is 3. The minimum atomic E-state index is -0.372. The predicted molar refractivity (Wildman–Crippen MR) is 98.1 cm³/mol. The monoisotopic (exact) mass is 357 g/mol. The van der Waals surface area contributed by atoms with Gasteiger partial charge in [-0.1, -0.05) is 38.3 Å². The first-order chi connectivity index (χ1) is 12.6. The van der Waals surface area contributed by atoms with Gasteiger partial charge in [-0.2, -0.15) is 0 Å². The first-order valence-corrected chi connectivity index (χ1v) is 9.24. The first kappa shape index (κ1) is 18.3. The number of halogens is 1. The average molecular weight is 357 g/mol. The van der Waals surface area contributed by atoms with Crippen molar-refractivity contribution in [2.75, 3.05) is 6.54 Å². The van der Waals surface area contributed by atoms with Gasteiger partial charge in [-0.15, -0.1) is 0 Å². The van der Waals surface area contributed by atoms with E-state index in [2.05, 4.69) is 16.9 Å². The van der Waals surface area contributed by atoms with Crippen LogP contribution in [0.25, 0.3) is 11.4 Å². The summed E-state index contributed by atoms with van der Waals surface area (Å²) in [5.74, 6) is 0.0932. The van der Waals surface area contributed by atoms with E-state index < -0.39 is 0 Å². The van der Waals surface area contributed by atoms with Gasteiger partial charge in [0.15, 0.2) is 0 Å². The molecule has 2 aromatic rings. The van der Waals surface area contributed by atoms with Gasteiger partial charge >= 0.3 is 0 Å². The smallest absolute Gasteiger partial charge is 0.256 e. The van der Waals surface area contributed by atoms with Crippen LogP contribution in [0.1, 0.15) is 50.3 Å². The summed E-state index contributed by atoms with van der Waals surface area (Å²) in [7, 11) is 0. The highest BCUT2D eigenvalue weighted by molar-refractivity contribution is 5.76. The topological polar surface area (TPSA) is 66.1 Å². The fourth-order valence-corrected chi connectivity index (χ4v) is 3.27. The molecule has 6 heteroatoms. The summed E-state index contributed by atoms with van der Waals surface area (Å²) in [6.45, 7) is 3.01. The number of unbranched alkanes of at least 4 members (excludes halogenated alkanes) is 3. The molecule has 2 heterocycles. The molecule has 3 rings (SSSR count). The van der Waals surface area contributed by atoms with Gasteiger partial charge in [0.1, 0.15) is 11.6 Å². The van der Waals surface area contributed by atoms with Crippen molar-refractivity contribution in [1.29, 1.82) is 0 Å². The third-order valence-electron chi connectivity index (χ3n) is 4.76. The molecule has 1 aliphatic heterocycles. The number of amides is 1. The molecule has 0 bridgehead atoms. The van der Waals surface area contributed by atoms with Gasteiger partial charge in [0.05, 0.1) is 17.8 Å². The highest BCUT2D eigenvalue weighted by Crippen LogP contribution is 2.20. The Balaban J connectivity index is 1.74. The molecule has 0 fully saturated rings. The minimum absolute atomic E-state index is 0.0976. The van der Waals surface area contributed by atoms with Crippen LogP contribution in [0.2, 0.25) is 0 Å². The van der Waals surface area contributed by atoms with Gasteiger partial charge in [-0.05, 0) is 18.6 Å². The maximum absolute atomic E-state index is 13.4.